The van der Waals surface area contributed by atoms with Crippen molar-refractivity contribution >= 4 is 22.2 Å². The molecule has 0 spiro atoms. The topological polar surface area (TPSA) is 46.2 Å². The second kappa shape index (κ2) is 6.55. The first kappa shape index (κ1) is 15.5. The highest BCUT2D eigenvalue weighted by Crippen LogP contribution is 2.26. The lowest BCUT2D eigenvalue weighted by Crippen LogP contribution is -2.26. The Kier molecular flexibility index (Phi) is 5.63. The average Bonchev–Trinajstić information content (AvgIpc) is 2.40. The van der Waals surface area contributed by atoms with Gasteiger partial charge in [0.05, 0.1) is 10.6 Å². The average molecular weight is 290 g/mol. The summed E-state index contributed by atoms with van der Waals surface area (Å²) in [6.07, 6.45) is 2.28. The van der Waals surface area contributed by atoms with Crippen molar-refractivity contribution in [1.29, 1.82) is 0 Å². The normalized spacial score (nSPS) is 17.2. The monoisotopic (exact) mass is 289 g/mol. The number of rotatable bonds is 3. The molecule has 102 valence electrons. The van der Waals surface area contributed by atoms with Crippen LogP contribution in [0.3, 0.4) is 0 Å². The van der Waals surface area contributed by atoms with E-state index < -0.39 is 9.84 Å². The van der Waals surface area contributed by atoms with Crippen LogP contribution in [0.2, 0.25) is 0 Å². The first-order valence-corrected chi connectivity index (χ1v) is 7.82. The third kappa shape index (κ3) is 3.46. The highest BCUT2D eigenvalue weighted by atomic mass is 35.5. The molecule has 1 saturated heterocycles. The van der Waals surface area contributed by atoms with Gasteiger partial charge in [-0.1, -0.05) is 19.1 Å². The van der Waals surface area contributed by atoms with Crippen molar-refractivity contribution in [3.05, 3.63) is 29.8 Å². The van der Waals surface area contributed by atoms with E-state index in [2.05, 4.69) is 5.32 Å². The van der Waals surface area contributed by atoms with Crippen LogP contribution >= 0.6 is 12.4 Å². The fraction of sp³-hybridized carbons (Fsp3) is 0.538. The predicted molar refractivity (Wildman–Crippen MR) is 76.3 cm³/mol. The first-order valence-electron chi connectivity index (χ1n) is 6.17. The quantitative estimate of drug-likeness (QED) is 0.929. The maximum atomic E-state index is 11.7. The van der Waals surface area contributed by atoms with Gasteiger partial charge in [-0.25, -0.2) is 8.42 Å². The van der Waals surface area contributed by atoms with E-state index in [-0.39, 0.29) is 18.2 Å². The van der Waals surface area contributed by atoms with Crippen LogP contribution in [0.4, 0.5) is 0 Å². The van der Waals surface area contributed by atoms with Gasteiger partial charge in [-0.3, -0.25) is 0 Å². The number of hydrogen-bond donors (Lipinski definition) is 1. The summed E-state index contributed by atoms with van der Waals surface area (Å²) in [6.45, 7) is 3.79. The Balaban J connectivity index is 0.00000162. The summed E-state index contributed by atoms with van der Waals surface area (Å²) < 4.78 is 23.4. The molecule has 5 heteroatoms. The summed E-state index contributed by atoms with van der Waals surface area (Å²) in [4.78, 5) is 0.442. The van der Waals surface area contributed by atoms with Gasteiger partial charge in [-0.05, 0) is 49.5 Å². The Morgan fingerprint density at radius 3 is 2.22 bits per heavy atom. The van der Waals surface area contributed by atoms with Gasteiger partial charge >= 0.3 is 0 Å². The van der Waals surface area contributed by atoms with Gasteiger partial charge in [0.25, 0.3) is 0 Å². The summed E-state index contributed by atoms with van der Waals surface area (Å²) in [5, 5.41) is 3.33. The number of nitrogens with one attached hydrogen (secondary N) is 1. The summed E-state index contributed by atoms with van der Waals surface area (Å²) in [5.41, 5.74) is 1.27. The van der Waals surface area contributed by atoms with Crippen molar-refractivity contribution in [1.82, 2.24) is 5.32 Å². The number of halogens is 1. The summed E-state index contributed by atoms with van der Waals surface area (Å²) >= 11 is 0. The van der Waals surface area contributed by atoms with E-state index in [0.717, 1.165) is 25.9 Å². The standard InChI is InChI=1S/C13H19NO2S.ClH/c1-2-17(15,16)13-5-3-11(4-6-13)12-7-9-14-10-8-12;/h3-6,12,14H,2,7-10H2,1H3;1H. The van der Waals surface area contributed by atoms with Gasteiger partial charge < -0.3 is 5.32 Å². The smallest absolute Gasteiger partial charge is 0.178 e. The van der Waals surface area contributed by atoms with Crippen LogP contribution in [-0.2, 0) is 9.84 Å². The lowest BCUT2D eigenvalue weighted by Gasteiger charge is -2.23. The van der Waals surface area contributed by atoms with E-state index in [1.165, 1.54) is 5.56 Å². The Bertz CT molecular complexity index is 464. The highest BCUT2D eigenvalue weighted by Gasteiger charge is 2.16. The van der Waals surface area contributed by atoms with E-state index >= 15 is 0 Å². The van der Waals surface area contributed by atoms with E-state index in [1.54, 1.807) is 19.1 Å². The number of hydrogen-bond acceptors (Lipinski definition) is 3. The molecular weight excluding hydrogens is 270 g/mol. The third-order valence-electron chi connectivity index (χ3n) is 3.43. The van der Waals surface area contributed by atoms with E-state index in [9.17, 15) is 8.42 Å². The van der Waals surface area contributed by atoms with Crippen molar-refractivity contribution in [3.8, 4) is 0 Å². The lowest BCUT2D eigenvalue weighted by atomic mass is 9.90. The minimum Gasteiger partial charge on any atom is -0.317 e. The first-order chi connectivity index (χ1) is 8.13. The zero-order chi connectivity index (χ0) is 12.3. The fourth-order valence-electron chi connectivity index (χ4n) is 2.27. The van der Waals surface area contributed by atoms with E-state index in [4.69, 9.17) is 0 Å². The Morgan fingerprint density at radius 1 is 1.17 bits per heavy atom. The third-order valence-corrected chi connectivity index (χ3v) is 5.18. The molecule has 1 aliphatic heterocycles. The van der Waals surface area contributed by atoms with Gasteiger partial charge in [0.2, 0.25) is 0 Å². The maximum absolute atomic E-state index is 11.7. The largest absolute Gasteiger partial charge is 0.317 e. The number of benzene rings is 1. The minimum absolute atomic E-state index is 0. The molecule has 0 atom stereocenters. The van der Waals surface area contributed by atoms with Gasteiger partial charge in [-0.2, -0.15) is 0 Å². The SMILES string of the molecule is CCS(=O)(=O)c1ccc(C2CCNCC2)cc1.Cl. The van der Waals surface area contributed by atoms with Crippen molar-refractivity contribution in [2.24, 2.45) is 0 Å². The Morgan fingerprint density at radius 2 is 1.72 bits per heavy atom. The zero-order valence-electron chi connectivity index (χ0n) is 10.6. The molecule has 1 aromatic carbocycles. The second-order valence-corrected chi connectivity index (χ2v) is 6.77. The molecule has 1 heterocycles. The molecule has 1 N–H and O–H groups in total. The molecule has 0 amide bonds. The van der Waals surface area contributed by atoms with Crippen LogP contribution in [0.5, 0.6) is 0 Å². The number of piperidine rings is 1. The molecule has 0 aromatic heterocycles. The zero-order valence-corrected chi connectivity index (χ0v) is 12.2. The number of sulfone groups is 1. The van der Waals surface area contributed by atoms with Crippen LogP contribution in [0.15, 0.2) is 29.2 Å². The molecule has 0 unspecified atom stereocenters. The summed E-state index contributed by atoms with van der Waals surface area (Å²) in [7, 11) is -3.06. The van der Waals surface area contributed by atoms with Crippen LogP contribution in [0, 0.1) is 0 Å². The highest BCUT2D eigenvalue weighted by molar-refractivity contribution is 7.91. The van der Waals surface area contributed by atoms with Crippen molar-refractivity contribution in [2.45, 2.75) is 30.6 Å². The maximum Gasteiger partial charge on any atom is 0.178 e. The van der Waals surface area contributed by atoms with Gasteiger partial charge in [-0.15, -0.1) is 12.4 Å². The Labute approximate surface area is 115 Å². The molecule has 0 saturated carbocycles. The van der Waals surface area contributed by atoms with Crippen molar-refractivity contribution in [3.63, 3.8) is 0 Å². The Hall–Kier alpha value is -0.580. The molecule has 0 aliphatic carbocycles. The summed E-state index contributed by atoms with van der Waals surface area (Å²) in [5.74, 6) is 0.745. The van der Waals surface area contributed by atoms with Crippen LogP contribution in [-0.4, -0.2) is 27.3 Å². The summed E-state index contributed by atoms with van der Waals surface area (Å²) in [6, 6.07) is 7.43. The van der Waals surface area contributed by atoms with Crippen LogP contribution in [0.1, 0.15) is 31.2 Å². The minimum atomic E-state index is -3.06. The molecule has 3 nitrogen and oxygen atoms in total. The lowest BCUT2D eigenvalue weighted by molar-refractivity contribution is 0.460. The fourth-order valence-corrected chi connectivity index (χ4v) is 3.15. The van der Waals surface area contributed by atoms with Crippen molar-refractivity contribution < 1.29 is 8.42 Å². The molecule has 1 fully saturated rings. The molecule has 0 radical (unpaired) electrons. The van der Waals surface area contributed by atoms with Crippen LogP contribution < -0.4 is 5.32 Å². The van der Waals surface area contributed by atoms with E-state index in [1.807, 2.05) is 12.1 Å². The molecule has 0 bridgehead atoms. The molecule has 18 heavy (non-hydrogen) atoms. The van der Waals surface area contributed by atoms with Gasteiger partial charge in [0.1, 0.15) is 0 Å². The predicted octanol–water partition coefficient (Wildman–Crippen LogP) is 2.37. The molecular formula is C13H20ClNO2S. The van der Waals surface area contributed by atoms with Crippen molar-refractivity contribution in [2.75, 3.05) is 18.8 Å². The molecule has 1 aliphatic rings. The van der Waals surface area contributed by atoms with Crippen LogP contribution in [0.25, 0.3) is 0 Å². The molecule has 2 rings (SSSR count). The van der Waals surface area contributed by atoms with Gasteiger partial charge in [0.15, 0.2) is 9.84 Å². The second-order valence-electron chi connectivity index (χ2n) is 4.50. The molecule has 1 aromatic rings. The van der Waals surface area contributed by atoms with E-state index in [0.29, 0.717) is 10.8 Å². The van der Waals surface area contributed by atoms with Gasteiger partial charge in [0, 0.05) is 0 Å².